The molecule has 1 fully saturated rings. The van der Waals surface area contributed by atoms with Gasteiger partial charge in [0.25, 0.3) is 0 Å². The van der Waals surface area contributed by atoms with Gasteiger partial charge < -0.3 is 10.2 Å². The monoisotopic (exact) mass is 259 g/mol. The molecule has 3 rings (SSSR count). The maximum absolute atomic E-state index is 3.64. The average molecular weight is 259 g/mol. The van der Waals surface area contributed by atoms with E-state index in [2.05, 4.69) is 53.4 Å². The molecule has 1 aromatic rings. The highest BCUT2D eigenvalue weighted by molar-refractivity contribution is 5.52. The summed E-state index contributed by atoms with van der Waals surface area (Å²) in [6.45, 7) is 7.05. The Morgan fingerprint density at radius 2 is 2.05 bits per heavy atom. The minimum Gasteiger partial charge on any atom is -0.383 e. The smallest absolute Gasteiger partial charge is 0.0373 e. The Morgan fingerprint density at radius 3 is 2.89 bits per heavy atom. The van der Waals surface area contributed by atoms with Gasteiger partial charge in [-0.3, -0.25) is 4.90 Å². The summed E-state index contributed by atoms with van der Waals surface area (Å²) in [5.74, 6) is 0. The van der Waals surface area contributed by atoms with E-state index in [1.165, 1.54) is 43.7 Å². The topological polar surface area (TPSA) is 18.5 Å². The molecule has 2 heterocycles. The number of rotatable bonds is 1. The van der Waals surface area contributed by atoms with E-state index in [1.54, 1.807) is 0 Å². The van der Waals surface area contributed by atoms with E-state index in [4.69, 9.17) is 0 Å². The van der Waals surface area contributed by atoms with E-state index in [1.807, 2.05) is 0 Å². The fourth-order valence-corrected chi connectivity index (χ4v) is 3.28. The summed E-state index contributed by atoms with van der Waals surface area (Å²) in [6.07, 6.45) is 2.48. The van der Waals surface area contributed by atoms with Gasteiger partial charge in [0.2, 0.25) is 0 Å². The maximum Gasteiger partial charge on any atom is 0.0373 e. The Labute approximate surface area is 116 Å². The second-order valence-electron chi connectivity index (χ2n) is 6.06. The normalized spacial score (nSPS) is 29.4. The van der Waals surface area contributed by atoms with Crippen LogP contribution >= 0.6 is 0 Å². The molecular weight excluding hydrogens is 234 g/mol. The number of fused-ring (bicyclic) bond motifs is 1. The van der Waals surface area contributed by atoms with Crippen LogP contribution in [0.15, 0.2) is 24.3 Å². The van der Waals surface area contributed by atoms with Gasteiger partial charge in [-0.1, -0.05) is 18.2 Å². The predicted molar refractivity (Wildman–Crippen MR) is 80.7 cm³/mol. The van der Waals surface area contributed by atoms with E-state index in [-0.39, 0.29) is 0 Å². The fourth-order valence-electron chi connectivity index (χ4n) is 3.28. The van der Waals surface area contributed by atoms with E-state index in [0.29, 0.717) is 12.1 Å². The first-order chi connectivity index (χ1) is 9.24. The second-order valence-corrected chi connectivity index (χ2v) is 6.06. The molecule has 0 amide bonds. The molecule has 2 atom stereocenters. The van der Waals surface area contributed by atoms with Gasteiger partial charge in [-0.15, -0.1) is 0 Å². The first kappa shape index (κ1) is 12.9. The molecule has 0 aromatic heterocycles. The molecule has 1 N–H and O–H groups in total. The lowest BCUT2D eigenvalue weighted by Gasteiger charge is -2.41. The van der Waals surface area contributed by atoms with Gasteiger partial charge in [-0.05, 0) is 38.4 Å². The van der Waals surface area contributed by atoms with Crippen LogP contribution in [0.5, 0.6) is 0 Å². The van der Waals surface area contributed by atoms with Crippen LogP contribution in [0.1, 0.15) is 18.9 Å². The number of aryl methyl sites for hydroxylation is 1. The summed E-state index contributed by atoms with van der Waals surface area (Å²) in [6, 6.07) is 10.1. The summed E-state index contributed by atoms with van der Waals surface area (Å²) < 4.78 is 0. The van der Waals surface area contributed by atoms with Gasteiger partial charge in [0.15, 0.2) is 0 Å². The standard InChI is InChI=1S/C16H25N3/c1-13-12-19(10-9-18(13)2)15-8-7-14-5-3-4-6-16(14)17-11-15/h3-6,13,15,17H,7-12H2,1-2H3. The summed E-state index contributed by atoms with van der Waals surface area (Å²) in [5, 5.41) is 3.64. The number of likely N-dealkylation sites (N-methyl/N-ethyl adjacent to an activating group) is 1. The number of piperazine rings is 1. The first-order valence-electron chi connectivity index (χ1n) is 7.50. The van der Waals surface area contributed by atoms with Crippen LogP contribution in [0, 0.1) is 0 Å². The SMILES string of the molecule is CC1CN(C2CCc3ccccc3NC2)CCN1C. The average Bonchev–Trinajstić information content (AvgIpc) is 2.64. The molecule has 0 radical (unpaired) electrons. The van der Waals surface area contributed by atoms with E-state index in [9.17, 15) is 0 Å². The van der Waals surface area contributed by atoms with Gasteiger partial charge in [0, 0.05) is 44.0 Å². The third-order valence-corrected chi connectivity index (χ3v) is 4.80. The minimum atomic E-state index is 0.680. The van der Waals surface area contributed by atoms with Crippen LogP contribution in [0.4, 0.5) is 5.69 Å². The molecule has 0 aliphatic carbocycles. The van der Waals surface area contributed by atoms with Crippen LogP contribution in [0.25, 0.3) is 0 Å². The lowest BCUT2D eigenvalue weighted by atomic mass is 10.0. The van der Waals surface area contributed by atoms with Crippen molar-refractivity contribution in [3.63, 3.8) is 0 Å². The first-order valence-corrected chi connectivity index (χ1v) is 7.50. The quantitative estimate of drug-likeness (QED) is 0.833. The third kappa shape index (κ3) is 2.77. The zero-order valence-corrected chi connectivity index (χ0v) is 12.1. The van der Waals surface area contributed by atoms with Crippen molar-refractivity contribution in [3.05, 3.63) is 29.8 Å². The third-order valence-electron chi connectivity index (χ3n) is 4.80. The van der Waals surface area contributed by atoms with E-state index in [0.717, 1.165) is 6.54 Å². The number of benzene rings is 1. The van der Waals surface area contributed by atoms with E-state index >= 15 is 0 Å². The van der Waals surface area contributed by atoms with Crippen molar-refractivity contribution in [3.8, 4) is 0 Å². The largest absolute Gasteiger partial charge is 0.383 e. The molecule has 19 heavy (non-hydrogen) atoms. The molecule has 1 saturated heterocycles. The Balaban J connectivity index is 1.65. The van der Waals surface area contributed by atoms with Crippen molar-refractivity contribution in [2.24, 2.45) is 0 Å². The number of nitrogens with zero attached hydrogens (tertiary/aromatic N) is 2. The zero-order chi connectivity index (χ0) is 13.2. The zero-order valence-electron chi connectivity index (χ0n) is 12.1. The lowest BCUT2D eigenvalue weighted by molar-refractivity contribution is 0.0733. The van der Waals surface area contributed by atoms with Crippen LogP contribution in [0.2, 0.25) is 0 Å². The fraction of sp³-hybridized carbons (Fsp3) is 0.625. The highest BCUT2D eigenvalue weighted by Crippen LogP contribution is 2.24. The number of hydrogen-bond acceptors (Lipinski definition) is 3. The molecule has 3 nitrogen and oxygen atoms in total. The van der Waals surface area contributed by atoms with Crippen molar-refractivity contribution < 1.29 is 0 Å². The Hall–Kier alpha value is -1.06. The van der Waals surface area contributed by atoms with Crippen LogP contribution in [-0.4, -0.2) is 55.1 Å². The molecule has 104 valence electrons. The lowest BCUT2D eigenvalue weighted by Crippen LogP contribution is -2.54. The number of anilines is 1. The van der Waals surface area contributed by atoms with Crippen molar-refractivity contribution >= 4 is 5.69 Å². The van der Waals surface area contributed by atoms with Crippen molar-refractivity contribution in [2.75, 3.05) is 38.5 Å². The summed E-state index contributed by atoms with van der Waals surface area (Å²) in [4.78, 5) is 5.15. The second kappa shape index (κ2) is 5.51. The van der Waals surface area contributed by atoms with Crippen molar-refractivity contribution in [1.29, 1.82) is 0 Å². The van der Waals surface area contributed by atoms with Crippen LogP contribution < -0.4 is 5.32 Å². The number of nitrogens with one attached hydrogen (secondary N) is 1. The molecule has 2 unspecified atom stereocenters. The van der Waals surface area contributed by atoms with Crippen LogP contribution in [0.3, 0.4) is 0 Å². The van der Waals surface area contributed by atoms with Crippen molar-refractivity contribution in [1.82, 2.24) is 9.80 Å². The number of hydrogen-bond donors (Lipinski definition) is 1. The summed E-state index contributed by atoms with van der Waals surface area (Å²) >= 11 is 0. The van der Waals surface area contributed by atoms with Gasteiger partial charge in [0.05, 0.1) is 0 Å². The Bertz CT molecular complexity index is 405. The summed E-state index contributed by atoms with van der Waals surface area (Å²) in [5.41, 5.74) is 2.82. The minimum absolute atomic E-state index is 0.680. The highest BCUT2D eigenvalue weighted by atomic mass is 15.3. The van der Waals surface area contributed by atoms with Gasteiger partial charge >= 0.3 is 0 Å². The molecule has 1 aromatic carbocycles. The predicted octanol–water partition coefficient (Wildman–Crippen LogP) is 2.05. The Kier molecular flexibility index (Phi) is 3.76. The Morgan fingerprint density at radius 1 is 1.21 bits per heavy atom. The van der Waals surface area contributed by atoms with E-state index < -0.39 is 0 Å². The molecule has 0 saturated carbocycles. The summed E-state index contributed by atoms with van der Waals surface area (Å²) in [7, 11) is 2.24. The highest BCUT2D eigenvalue weighted by Gasteiger charge is 2.27. The molecule has 2 aliphatic rings. The molecule has 0 spiro atoms. The maximum atomic E-state index is 3.64. The number of para-hydroxylation sites is 1. The molecule has 3 heteroatoms. The van der Waals surface area contributed by atoms with Crippen LogP contribution in [-0.2, 0) is 6.42 Å². The van der Waals surface area contributed by atoms with Gasteiger partial charge in [-0.2, -0.15) is 0 Å². The van der Waals surface area contributed by atoms with Gasteiger partial charge in [0.1, 0.15) is 0 Å². The van der Waals surface area contributed by atoms with Gasteiger partial charge in [-0.25, -0.2) is 0 Å². The molecule has 0 bridgehead atoms. The molecule has 2 aliphatic heterocycles. The van der Waals surface area contributed by atoms with Crippen molar-refractivity contribution in [2.45, 2.75) is 31.8 Å². The molecular formula is C16H25N3.